The predicted molar refractivity (Wildman–Crippen MR) is 66.5 cm³/mol. The van der Waals surface area contributed by atoms with Crippen LogP contribution in [-0.2, 0) is 0 Å². The van der Waals surface area contributed by atoms with E-state index in [-0.39, 0.29) is 5.56 Å². The molecule has 0 atom stereocenters. The minimum Gasteiger partial charge on any atom is -0.478 e. The van der Waals surface area contributed by atoms with E-state index in [1.54, 1.807) is 12.1 Å². The number of carbonyl (C=O) groups is 1. The van der Waals surface area contributed by atoms with Crippen molar-refractivity contribution in [3.05, 3.63) is 28.8 Å². The Balaban J connectivity index is 3.12. The van der Waals surface area contributed by atoms with Gasteiger partial charge in [0, 0.05) is 18.1 Å². The van der Waals surface area contributed by atoms with Crippen LogP contribution < -0.4 is 4.90 Å². The van der Waals surface area contributed by atoms with E-state index in [1.165, 1.54) is 6.07 Å². The highest BCUT2D eigenvalue weighted by Gasteiger charge is 2.15. The van der Waals surface area contributed by atoms with E-state index >= 15 is 0 Å². The smallest absolute Gasteiger partial charge is 0.337 e. The number of benzene rings is 1. The van der Waals surface area contributed by atoms with Crippen molar-refractivity contribution in [3.8, 4) is 6.07 Å². The molecule has 0 unspecified atom stereocenters. The molecule has 90 valence electrons. The molecule has 1 N–H and O–H groups in total. The van der Waals surface area contributed by atoms with Crippen molar-refractivity contribution in [2.75, 3.05) is 18.0 Å². The first-order valence-electron chi connectivity index (χ1n) is 5.25. The molecule has 1 rings (SSSR count). The number of anilines is 1. The Labute approximate surface area is 105 Å². The Bertz CT molecular complexity index is 454. The second kappa shape index (κ2) is 6.12. The highest BCUT2D eigenvalue weighted by atomic mass is 35.5. The van der Waals surface area contributed by atoms with Gasteiger partial charge < -0.3 is 10.0 Å². The summed E-state index contributed by atoms with van der Waals surface area (Å²) >= 11 is 5.87. The van der Waals surface area contributed by atoms with Crippen LogP contribution in [0, 0.1) is 11.3 Å². The number of carboxylic acid groups (broad SMARTS) is 1. The molecule has 17 heavy (non-hydrogen) atoms. The van der Waals surface area contributed by atoms with E-state index < -0.39 is 5.97 Å². The van der Waals surface area contributed by atoms with Crippen LogP contribution in [0.2, 0.25) is 5.02 Å². The number of hydrogen-bond acceptors (Lipinski definition) is 3. The van der Waals surface area contributed by atoms with Crippen LogP contribution in [-0.4, -0.2) is 24.2 Å². The van der Waals surface area contributed by atoms with Crippen LogP contribution in [0.1, 0.15) is 23.7 Å². The van der Waals surface area contributed by atoms with Crippen LogP contribution in [0.25, 0.3) is 0 Å². The van der Waals surface area contributed by atoms with Gasteiger partial charge in [0.25, 0.3) is 0 Å². The zero-order valence-electron chi connectivity index (χ0n) is 9.48. The van der Waals surface area contributed by atoms with E-state index in [9.17, 15) is 4.79 Å². The first-order valence-corrected chi connectivity index (χ1v) is 5.62. The number of carboxylic acids is 1. The highest BCUT2D eigenvalue weighted by Crippen LogP contribution is 2.25. The molecule has 0 aliphatic carbocycles. The summed E-state index contributed by atoms with van der Waals surface area (Å²) < 4.78 is 0. The first-order chi connectivity index (χ1) is 8.10. The van der Waals surface area contributed by atoms with Gasteiger partial charge in [-0.3, -0.25) is 0 Å². The summed E-state index contributed by atoms with van der Waals surface area (Å²) in [5.41, 5.74) is 0.761. The molecule has 0 radical (unpaired) electrons. The summed E-state index contributed by atoms with van der Waals surface area (Å²) in [6.07, 6.45) is 0.347. The third-order valence-corrected chi connectivity index (χ3v) is 2.64. The number of nitrogens with zero attached hydrogens (tertiary/aromatic N) is 2. The molecule has 0 saturated carbocycles. The fraction of sp³-hybridized carbons (Fsp3) is 0.333. The maximum Gasteiger partial charge on any atom is 0.337 e. The van der Waals surface area contributed by atoms with Crippen LogP contribution in [0.4, 0.5) is 5.69 Å². The lowest BCUT2D eigenvalue weighted by molar-refractivity contribution is 0.0697. The molecule has 4 nitrogen and oxygen atoms in total. The molecule has 0 spiro atoms. The summed E-state index contributed by atoms with van der Waals surface area (Å²) in [7, 11) is 0. The average molecular weight is 253 g/mol. The second-order valence-electron chi connectivity index (χ2n) is 3.45. The van der Waals surface area contributed by atoms with Crippen molar-refractivity contribution < 1.29 is 9.90 Å². The maximum atomic E-state index is 11.1. The molecular formula is C12H13ClN2O2. The molecule has 0 fully saturated rings. The number of halogens is 1. The largest absolute Gasteiger partial charge is 0.478 e. The zero-order chi connectivity index (χ0) is 12.8. The van der Waals surface area contributed by atoms with E-state index in [2.05, 4.69) is 0 Å². The molecule has 1 aromatic rings. The minimum atomic E-state index is -0.993. The van der Waals surface area contributed by atoms with Crippen molar-refractivity contribution in [1.82, 2.24) is 0 Å². The molecule has 0 heterocycles. The van der Waals surface area contributed by atoms with Crippen molar-refractivity contribution in [2.45, 2.75) is 13.3 Å². The van der Waals surface area contributed by atoms with Gasteiger partial charge in [-0.25, -0.2) is 4.79 Å². The normalized spacial score (nSPS) is 9.71. The predicted octanol–water partition coefficient (Wildman–Crippen LogP) is 2.78. The van der Waals surface area contributed by atoms with Crippen molar-refractivity contribution in [2.24, 2.45) is 0 Å². The topological polar surface area (TPSA) is 64.3 Å². The van der Waals surface area contributed by atoms with Crippen molar-refractivity contribution in [3.63, 3.8) is 0 Å². The molecular weight excluding hydrogens is 240 g/mol. The maximum absolute atomic E-state index is 11.1. The molecule has 0 aliphatic heterocycles. The molecule has 5 heteroatoms. The SMILES string of the molecule is CCN(CCC#N)c1cc(Cl)ccc1C(=O)O. The first kappa shape index (κ1) is 13.3. The van der Waals surface area contributed by atoms with Gasteiger partial charge >= 0.3 is 5.97 Å². The molecule has 0 saturated heterocycles. The number of rotatable bonds is 5. The average Bonchev–Trinajstić information content (AvgIpc) is 2.29. The second-order valence-corrected chi connectivity index (χ2v) is 3.89. The summed E-state index contributed by atoms with van der Waals surface area (Å²) in [5.74, 6) is -0.993. The van der Waals surface area contributed by atoms with Crippen molar-refractivity contribution in [1.29, 1.82) is 5.26 Å². The molecule has 0 aromatic heterocycles. The summed E-state index contributed by atoms with van der Waals surface area (Å²) in [4.78, 5) is 12.9. The van der Waals surface area contributed by atoms with Crippen LogP contribution >= 0.6 is 11.6 Å². The number of nitriles is 1. The Kier molecular flexibility index (Phi) is 4.80. The fourth-order valence-electron chi connectivity index (χ4n) is 1.58. The Morgan fingerprint density at radius 2 is 2.29 bits per heavy atom. The van der Waals surface area contributed by atoms with E-state index in [0.717, 1.165) is 0 Å². The number of aromatic carboxylic acids is 1. The Hall–Kier alpha value is -1.73. The van der Waals surface area contributed by atoms with Gasteiger partial charge in [-0.05, 0) is 25.1 Å². The quantitative estimate of drug-likeness (QED) is 0.875. The van der Waals surface area contributed by atoms with Gasteiger partial charge in [0.1, 0.15) is 0 Å². The van der Waals surface area contributed by atoms with Gasteiger partial charge in [0.05, 0.1) is 23.7 Å². The van der Waals surface area contributed by atoms with Crippen LogP contribution in [0.3, 0.4) is 0 Å². The van der Waals surface area contributed by atoms with E-state index in [4.69, 9.17) is 22.0 Å². The lowest BCUT2D eigenvalue weighted by Gasteiger charge is -2.23. The summed E-state index contributed by atoms with van der Waals surface area (Å²) in [6, 6.07) is 6.69. The highest BCUT2D eigenvalue weighted by molar-refractivity contribution is 6.31. The van der Waals surface area contributed by atoms with Gasteiger partial charge in [-0.15, -0.1) is 0 Å². The Morgan fingerprint density at radius 3 is 2.82 bits per heavy atom. The third-order valence-electron chi connectivity index (χ3n) is 2.41. The van der Waals surface area contributed by atoms with E-state index in [1.807, 2.05) is 17.9 Å². The summed E-state index contributed by atoms with van der Waals surface area (Å²) in [6.45, 7) is 3.03. The zero-order valence-corrected chi connectivity index (χ0v) is 10.2. The molecule has 1 aromatic carbocycles. The van der Waals surface area contributed by atoms with Gasteiger partial charge in [-0.1, -0.05) is 11.6 Å². The van der Waals surface area contributed by atoms with Gasteiger partial charge in [0.2, 0.25) is 0 Å². The monoisotopic (exact) mass is 252 g/mol. The molecule has 0 amide bonds. The lowest BCUT2D eigenvalue weighted by atomic mass is 10.1. The molecule has 0 bridgehead atoms. The minimum absolute atomic E-state index is 0.203. The van der Waals surface area contributed by atoms with Gasteiger partial charge in [0.15, 0.2) is 0 Å². The van der Waals surface area contributed by atoms with Crippen LogP contribution in [0.15, 0.2) is 18.2 Å². The lowest BCUT2D eigenvalue weighted by Crippen LogP contribution is -2.25. The van der Waals surface area contributed by atoms with E-state index in [0.29, 0.717) is 30.2 Å². The molecule has 0 aliphatic rings. The Morgan fingerprint density at radius 1 is 1.59 bits per heavy atom. The van der Waals surface area contributed by atoms with Crippen LogP contribution in [0.5, 0.6) is 0 Å². The number of hydrogen-bond donors (Lipinski definition) is 1. The van der Waals surface area contributed by atoms with Gasteiger partial charge in [-0.2, -0.15) is 5.26 Å². The standard InChI is InChI=1S/C12H13ClN2O2/c1-2-15(7-3-6-14)11-8-9(13)4-5-10(11)12(16)17/h4-5,8H,2-3,7H2,1H3,(H,16,17). The summed E-state index contributed by atoms with van der Waals surface area (Å²) in [5, 5.41) is 18.1. The van der Waals surface area contributed by atoms with Crippen molar-refractivity contribution >= 4 is 23.3 Å². The fourth-order valence-corrected chi connectivity index (χ4v) is 1.75. The third kappa shape index (κ3) is 3.36.